The van der Waals surface area contributed by atoms with Crippen LogP contribution in [-0.2, 0) is 4.79 Å². The molecule has 4 nitrogen and oxygen atoms in total. The molecule has 144 valence electrons. The minimum Gasteiger partial charge on any atom is -0.354 e. The maximum atomic E-state index is 12.6. The van der Waals surface area contributed by atoms with Crippen molar-refractivity contribution in [3.8, 4) is 0 Å². The summed E-state index contributed by atoms with van der Waals surface area (Å²) in [4.78, 5) is 14.9. The molecule has 2 fully saturated rings. The Balaban J connectivity index is 1.58. The van der Waals surface area contributed by atoms with Crippen LogP contribution in [0.25, 0.3) is 0 Å². The summed E-state index contributed by atoms with van der Waals surface area (Å²) in [5, 5.41) is 7.62. The van der Waals surface area contributed by atoms with Crippen molar-refractivity contribution < 1.29 is 4.79 Å². The van der Waals surface area contributed by atoms with E-state index < -0.39 is 0 Å². The van der Waals surface area contributed by atoms with Gasteiger partial charge in [-0.1, -0.05) is 43.6 Å². The van der Waals surface area contributed by atoms with Gasteiger partial charge in [-0.05, 0) is 56.3 Å². The van der Waals surface area contributed by atoms with Gasteiger partial charge in [0.05, 0.1) is 6.04 Å². The van der Waals surface area contributed by atoms with E-state index in [4.69, 9.17) is 11.6 Å². The maximum absolute atomic E-state index is 12.6. The largest absolute Gasteiger partial charge is 0.354 e. The molecule has 0 aromatic heterocycles. The number of likely N-dealkylation sites (N-methyl/N-ethyl adjacent to an activating group) is 1. The fraction of sp³-hybridized carbons (Fsp3) is 0.667. The Labute approximate surface area is 162 Å². The Morgan fingerprint density at radius 3 is 2.50 bits per heavy atom. The third-order valence-corrected chi connectivity index (χ3v) is 6.40. The molecular weight excluding hydrogens is 346 g/mol. The SMILES string of the molecule is CCN(CC)C(CNC(=O)CC1CC2CCC(C1)N2)c1ccccc1Cl. The Bertz CT molecular complexity index is 593. The van der Waals surface area contributed by atoms with Crippen LogP contribution in [0.3, 0.4) is 0 Å². The lowest BCUT2D eigenvalue weighted by molar-refractivity contribution is -0.122. The van der Waals surface area contributed by atoms with Crippen LogP contribution in [0, 0.1) is 5.92 Å². The average Bonchev–Trinajstić information content (AvgIpc) is 2.98. The monoisotopic (exact) mass is 377 g/mol. The molecule has 0 aliphatic carbocycles. The molecule has 2 aliphatic heterocycles. The normalized spacial score (nSPS) is 26.1. The number of carbonyl (C=O) groups is 1. The lowest BCUT2D eigenvalue weighted by Crippen LogP contribution is -2.41. The summed E-state index contributed by atoms with van der Waals surface area (Å²) in [6, 6.07) is 9.37. The smallest absolute Gasteiger partial charge is 0.220 e. The molecule has 1 amide bonds. The van der Waals surface area contributed by atoms with Crippen LogP contribution in [0.5, 0.6) is 0 Å². The summed E-state index contributed by atoms with van der Waals surface area (Å²) in [7, 11) is 0. The number of rotatable bonds is 8. The van der Waals surface area contributed by atoms with E-state index in [1.165, 1.54) is 12.8 Å². The van der Waals surface area contributed by atoms with Gasteiger partial charge in [-0.3, -0.25) is 9.69 Å². The summed E-state index contributed by atoms with van der Waals surface area (Å²) in [6.07, 6.45) is 5.50. The number of benzene rings is 1. The van der Waals surface area contributed by atoms with Crippen molar-refractivity contribution in [2.75, 3.05) is 19.6 Å². The first-order valence-corrected chi connectivity index (χ1v) is 10.5. The van der Waals surface area contributed by atoms with Gasteiger partial charge in [0.25, 0.3) is 0 Å². The van der Waals surface area contributed by atoms with Gasteiger partial charge in [0, 0.05) is 30.1 Å². The molecule has 0 radical (unpaired) electrons. The first kappa shape index (κ1) is 19.7. The highest BCUT2D eigenvalue weighted by Gasteiger charge is 2.34. The van der Waals surface area contributed by atoms with Gasteiger partial charge in [0.1, 0.15) is 0 Å². The molecule has 1 aromatic rings. The van der Waals surface area contributed by atoms with E-state index in [1.54, 1.807) is 0 Å². The predicted octanol–water partition coefficient (Wildman–Crippen LogP) is 3.76. The minimum absolute atomic E-state index is 0.117. The van der Waals surface area contributed by atoms with Gasteiger partial charge in [0.2, 0.25) is 5.91 Å². The molecule has 0 spiro atoms. The number of carbonyl (C=O) groups excluding carboxylic acids is 1. The molecule has 0 saturated carbocycles. The lowest BCUT2D eigenvalue weighted by Gasteiger charge is -2.32. The number of piperidine rings is 1. The lowest BCUT2D eigenvalue weighted by atomic mass is 9.89. The fourth-order valence-electron chi connectivity index (χ4n) is 4.73. The van der Waals surface area contributed by atoms with E-state index in [1.807, 2.05) is 18.2 Å². The van der Waals surface area contributed by atoms with Crippen molar-refractivity contribution in [2.45, 2.75) is 64.1 Å². The molecule has 2 saturated heterocycles. The van der Waals surface area contributed by atoms with E-state index in [0.29, 0.717) is 31.0 Å². The van der Waals surface area contributed by atoms with Crippen LogP contribution < -0.4 is 10.6 Å². The molecule has 5 heteroatoms. The van der Waals surface area contributed by atoms with Crippen LogP contribution in [0.15, 0.2) is 24.3 Å². The topological polar surface area (TPSA) is 44.4 Å². The quantitative estimate of drug-likeness (QED) is 0.725. The van der Waals surface area contributed by atoms with Crippen molar-refractivity contribution in [3.63, 3.8) is 0 Å². The summed E-state index contributed by atoms with van der Waals surface area (Å²) >= 11 is 6.44. The van der Waals surface area contributed by atoms with Crippen LogP contribution >= 0.6 is 11.6 Å². The predicted molar refractivity (Wildman–Crippen MR) is 107 cm³/mol. The van der Waals surface area contributed by atoms with Gasteiger partial charge in [-0.25, -0.2) is 0 Å². The summed E-state index contributed by atoms with van der Waals surface area (Å²) in [5.41, 5.74) is 1.10. The number of amides is 1. The maximum Gasteiger partial charge on any atom is 0.220 e. The van der Waals surface area contributed by atoms with Crippen molar-refractivity contribution in [2.24, 2.45) is 5.92 Å². The number of fused-ring (bicyclic) bond motifs is 2. The van der Waals surface area contributed by atoms with Crippen molar-refractivity contribution in [3.05, 3.63) is 34.9 Å². The van der Waals surface area contributed by atoms with Crippen LogP contribution in [-0.4, -0.2) is 42.5 Å². The molecule has 3 rings (SSSR count). The molecule has 1 aromatic carbocycles. The number of halogens is 1. The van der Waals surface area contributed by atoms with Crippen LogP contribution in [0.1, 0.15) is 57.6 Å². The average molecular weight is 378 g/mol. The molecular formula is C21H32ClN3O. The Morgan fingerprint density at radius 1 is 1.23 bits per heavy atom. The molecule has 2 heterocycles. The first-order valence-electron chi connectivity index (χ1n) is 10.1. The molecule has 2 N–H and O–H groups in total. The standard InChI is InChI=1S/C21H32ClN3O/c1-3-25(4-2)20(18-7-5-6-8-19(18)22)14-23-21(26)13-15-11-16-9-10-17(12-15)24-16/h5-8,15-17,20,24H,3-4,9-14H2,1-2H3,(H,23,26). The molecule has 26 heavy (non-hydrogen) atoms. The third-order valence-electron chi connectivity index (χ3n) is 6.05. The highest BCUT2D eigenvalue weighted by molar-refractivity contribution is 6.31. The number of hydrogen-bond acceptors (Lipinski definition) is 3. The Kier molecular flexibility index (Phi) is 6.96. The Hall–Kier alpha value is -1.10. The minimum atomic E-state index is 0.117. The third kappa shape index (κ3) is 4.79. The highest BCUT2D eigenvalue weighted by atomic mass is 35.5. The molecule has 3 atom stereocenters. The summed E-state index contributed by atoms with van der Waals surface area (Å²) in [6.45, 7) is 6.78. The van der Waals surface area contributed by atoms with E-state index >= 15 is 0 Å². The van der Waals surface area contributed by atoms with Gasteiger partial charge >= 0.3 is 0 Å². The van der Waals surface area contributed by atoms with Crippen molar-refractivity contribution in [1.29, 1.82) is 0 Å². The zero-order valence-corrected chi connectivity index (χ0v) is 16.8. The van der Waals surface area contributed by atoms with Crippen molar-refractivity contribution in [1.82, 2.24) is 15.5 Å². The van der Waals surface area contributed by atoms with Gasteiger partial charge < -0.3 is 10.6 Å². The van der Waals surface area contributed by atoms with Crippen LogP contribution in [0.4, 0.5) is 0 Å². The highest BCUT2D eigenvalue weighted by Crippen LogP contribution is 2.32. The van der Waals surface area contributed by atoms with Gasteiger partial charge in [0.15, 0.2) is 0 Å². The number of hydrogen-bond donors (Lipinski definition) is 2. The first-order chi connectivity index (χ1) is 12.6. The zero-order chi connectivity index (χ0) is 18.5. The van der Waals surface area contributed by atoms with E-state index in [-0.39, 0.29) is 11.9 Å². The van der Waals surface area contributed by atoms with E-state index in [0.717, 1.165) is 36.5 Å². The number of nitrogens with one attached hydrogen (secondary N) is 2. The second-order valence-corrected chi connectivity index (χ2v) is 8.15. The number of nitrogens with zero attached hydrogens (tertiary/aromatic N) is 1. The van der Waals surface area contributed by atoms with E-state index in [9.17, 15) is 4.79 Å². The van der Waals surface area contributed by atoms with Gasteiger partial charge in [-0.2, -0.15) is 0 Å². The summed E-state index contributed by atoms with van der Waals surface area (Å²) < 4.78 is 0. The van der Waals surface area contributed by atoms with Crippen LogP contribution in [0.2, 0.25) is 5.02 Å². The zero-order valence-electron chi connectivity index (χ0n) is 16.0. The second-order valence-electron chi connectivity index (χ2n) is 7.74. The Morgan fingerprint density at radius 2 is 1.88 bits per heavy atom. The summed E-state index contributed by atoms with van der Waals surface area (Å²) in [5.74, 6) is 0.710. The molecule has 3 unspecified atom stereocenters. The fourth-order valence-corrected chi connectivity index (χ4v) is 4.99. The second kappa shape index (κ2) is 9.20. The van der Waals surface area contributed by atoms with Gasteiger partial charge in [-0.15, -0.1) is 0 Å². The van der Waals surface area contributed by atoms with E-state index in [2.05, 4.69) is 35.4 Å². The molecule has 2 bridgehead atoms. The van der Waals surface area contributed by atoms with Crippen molar-refractivity contribution >= 4 is 17.5 Å². The molecule has 2 aliphatic rings.